The maximum atomic E-state index is 13.5. The van der Waals surface area contributed by atoms with E-state index < -0.39 is 0 Å². The van der Waals surface area contributed by atoms with Crippen LogP contribution in [0.15, 0.2) is 24.3 Å². The average Bonchev–Trinajstić information content (AvgIpc) is 2.80. The van der Waals surface area contributed by atoms with E-state index in [0.29, 0.717) is 55.2 Å². The SMILES string of the molecule is COCCN(CCOC)C(=O)c1cc(Cc2c(C(C)C)cc(C(C)C)cc2C(C)C)cc(C)c1O. The molecule has 5 heteroatoms. The summed E-state index contributed by atoms with van der Waals surface area (Å²) in [4.78, 5) is 15.1. The van der Waals surface area contributed by atoms with Crippen LogP contribution >= 0.6 is 0 Å². The molecular weight excluding hydrogens is 438 g/mol. The van der Waals surface area contributed by atoms with Gasteiger partial charge in [-0.3, -0.25) is 4.79 Å². The number of phenolic OH excluding ortho intramolecular Hbond substituents is 1. The molecule has 0 radical (unpaired) electrons. The molecule has 0 saturated heterocycles. The first-order valence-corrected chi connectivity index (χ1v) is 12.8. The van der Waals surface area contributed by atoms with Gasteiger partial charge in [0.1, 0.15) is 5.75 Å². The fourth-order valence-corrected chi connectivity index (χ4v) is 4.52. The molecule has 2 aromatic carbocycles. The minimum Gasteiger partial charge on any atom is -0.507 e. The van der Waals surface area contributed by atoms with Crippen molar-refractivity contribution in [2.24, 2.45) is 0 Å². The molecule has 0 spiro atoms. The quantitative estimate of drug-likeness (QED) is 0.380. The van der Waals surface area contributed by atoms with Crippen molar-refractivity contribution >= 4 is 5.91 Å². The van der Waals surface area contributed by atoms with E-state index in [2.05, 4.69) is 53.7 Å². The summed E-state index contributed by atoms with van der Waals surface area (Å²) >= 11 is 0. The van der Waals surface area contributed by atoms with Gasteiger partial charge in [0.05, 0.1) is 18.8 Å². The predicted molar refractivity (Wildman–Crippen MR) is 144 cm³/mol. The number of hydrogen-bond donors (Lipinski definition) is 1. The van der Waals surface area contributed by atoms with Crippen LogP contribution < -0.4 is 0 Å². The van der Waals surface area contributed by atoms with Crippen molar-refractivity contribution in [3.8, 4) is 5.75 Å². The van der Waals surface area contributed by atoms with E-state index in [1.54, 1.807) is 19.1 Å². The maximum absolute atomic E-state index is 13.5. The second kappa shape index (κ2) is 13.1. The number of carbonyl (C=O) groups excluding carboxylic acids is 1. The molecule has 0 aliphatic carbocycles. The number of benzene rings is 2. The third-order valence-corrected chi connectivity index (χ3v) is 6.64. The van der Waals surface area contributed by atoms with Crippen molar-refractivity contribution in [3.63, 3.8) is 0 Å². The van der Waals surface area contributed by atoms with Crippen LogP contribution in [0, 0.1) is 6.92 Å². The topological polar surface area (TPSA) is 59.0 Å². The van der Waals surface area contributed by atoms with Gasteiger partial charge in [-0.2, -0.15) is 0 Å². The molecule has 0 aliphatic rings. The van der Waals surface area contributed by atoms with Crippen LogP contribution in [0.2, 0.25) is 0 Å². The smallest absolute Gasteiger partial charge is 0.257 e. The number of ether oxygens (including phenoxy) is 2. The Labute approximate surface area is 212 Å². The van der Waals surface area contributed by atoms with Crippen LogP contribution in [-0.4, -0.2) is 56.4 Å². The van der Waals surface area contributed by atoms with Crippen LogP contribution in [0.3, 0.4) is 0 Å². The van der Waals surface area contributed by atoms with Gasteiger partial charge in [-0.15, -0.1) is 0 Å². The molecule has 0 heterocycles. The van der Waals surface area contributed by atoms with Crippen LogP contribution in [0.5, 0.6) is 5.75 Å². The van der Waals surface area contributed by atoms with Crippen molar-refractivity contribution in [2.45, 2.75) is 72.6 Å². The third kappa shape index (κ3) is 7.31. The Hall–Kier alpha value is -2.37. The van der Waals surface area contributed by atoms with E-state index in [9.17, 15) is 9.90 Å². The summed E-state index contributed by atoms with van der Waals surface area (Å²) in [5.41, 5.74) is 7.50. The summed E-state index contributed by atoms with van der Waals surface area (Å²) in [6.45, 7) is 17.0. The van der Waals surface area contributed by atoms with Crippen molar-refractivity contribution < 1.29 is 19.4 Å². The Bertz CT molecular complexity index is 957. The minimum absolute atomic E-state index is 0.0434. The number of aromatic hydroxyl groups is 1. The molecular formula is C30H45NO4. The van der Waals surface area contributed by atoms with Gasteiger partial charge in [0.15, 0.2) is 0 Å². The molecule has 0 aliphatic heterocycles. The van der Waals surface area contributed by atoms with Crippen molar-refractivity contribution in [2.75, 3.05) is 40.5 Å². The van der Waals surface area contributed by atoms with Gasteiger partial charge in [0, 0.05) is 27.3 Å². The number of rotatable bonds is 12. The number of carbonyl (C=O) groups is 1. The molecule has 0 atom stereocenters. The van der Waals surface area contributed by atoms with E-state index >= 15 is 0 Å². The number of phenols is 1. The molecule has 2 aromatic rings. The van der Waals surface area contributed by atoms with Crippen molar-refractivity contribution in [1.29, 1.82) is 0 Å². The highest BCUT2D eigenvalue weighted by molar-refractivity contribution is 5.97. The first-order valence-electron chi connectivity index (χ1n) is 12.8. The lowest BCUT2D eigenvalue weighted by Crippen LogP contribution is -2.36. The molecule has 2 rings (SSSR count). The normalized spacial score (nSPS) is 11.7. The van der Waals surface area contributed by atoms with Crippen LogP contribution in [0.4, 0.5) is 0 Å². The van der Waals surface area contributed by atoms with Crippen LogP contribution in [0.1, 0.15) is 103 Å². The second-order valence-electron chi connectivity index (χ2n) is 10.4. The fraction of sp³-hybridized carbons (Fsp3) is 0.567. The number of methoxy groups -OCH3 is 2. The van der Waals surface area contributed by atoms with E-state index in [-0.39, 0.29) is 11.7 Å². The molecule has 194 valence electrons. The number of amides is 1. The highest BCUT2D eigenvalue weighted by atomic mass is 16.5. The third-order valence-electron chi connectivity index (χ3n) is 6.64. The Morgan fingerprint density at radius 2 is 1.37 bits per heavy atom. The zero-order chi connectivity index (χ0) is 26.3. The summed E-state index contributed by atoms with van der Waals surface area (Å²) in [7, 11) is 3.23. The first-order chi connectivity index (χ1) is 16.5. The summed E-state index contributed by atoms with van der Waals surface area (Å²) in [5, 5.41) is 10.8. The Balaban J connectivity index is 2.57. The van der Waals surface area contributed by atoms with Crippen molar-refractivity contribution in [3.05, 3.63) is 63.2 Å². The summed E-state index contributed by atoms with van der Waals surface area (Å²) in [5.74, 6) is 1.08. The molecule has 1 amide bonds. The zero-order valence-electron chi connectivity index (χ0n) is 23.2. The molecule has 0 saturated carbocycles. The lowest BCUT2D eigenvalue weighted by molar-refractivity contribution is 0.0624. The molecule has 0 unspecified atom stereocenters. The van der Waals surface area contributed by atoms with E-state index in [1.807, 2.05) is 19.1 Å². The molecule has 0 bridgehead atoms. The maximum Gasteiger partial charge on any atom is 0.257 e. The van der Waals surface area contributed by atoms with Crippen LogP contribution in [-0.2, 0) is 15.9 Å². The standard InChI is InChI=1S/C30H45NO4/c1-19(2)24-17-25(20(3)4)27(26(18-24)21(5)6)15-23-14-22(7)29(32)28(16-23)30(33)31(10-12-34-8)11-13-35-9/h14,16-21,32H,10-13,15H2,1-9H3. The number of aryl methyl sites for hydroxylation is 1. The summed E-state index contributed by atoms with van der Waals surface area (Å²) in [6.07, 6.45) is 0.719. The van der Waals surface area contributed by atoms with E-state index in [0.717, 1.165) is 12.0 Å². The fourth-order valence-electron chi connectivity index (χ4n) is 4.52. The average molecular weight is 484 g/mol. The van der Waals surface area contributed by atoms with E-state index in [1.165, 1.54) is 22.3 Å². The highest BCUT2D eigenvalue weighted by Gasteiger charge is 2.23. The monoisotopic (exact) mass is 483 g/mol. The van der Waals surface area contributed by atoms with Gasteiger partial charge in [-0.1, -0.05) is 59.7 Å². The minimum atomic E-state index is -0.204. The molecule has 5 nitrogen and oxygen atoms in total. The lowest BCUT2D eigenvalue weighted by atomic mass is 9.82. The van der Waals surface area contributed by atoms with Gasteiger partial charge in [-0.25, -0.2) is 0 Å². The number of hydrogen-bond acceptors (Lipinski definition) is 4. The molecule has 1 N–H and O–H groups in total. The largest absolute Gasteiger partial charge is 0.507 e. The van der Waals surface area contributed by atoms with Crippen molar-refractivity contribution in [1.82, 2.24) is 4.90 Å². The Morgan fingerprint density at radius 1 is 0.857 bits per heavy atom. The highest BCUT2D eigenvalue weighted by Crippen LogP contribution is 2.35. The van der Waals surface area contributed by atoms with E-state index in [4.69, 9.17) is 9.47 Å². The second-order valence-corrected chi connectivity index (χ2v) is 10.4. The van der Waals surface area contributed by atoms with Gasteiger partial charge < -0.3 is 19.5 Å². The van der Waals surface area contributed by atoms with Gasteiger partial charge in [0.25, 0.3) is 5.91 Å². The summed E-state index contributed by atoms with van der Waals surface area (Å²) < 4.78 is 10.4. The number of nitrogens with zero attached hydrogens (tertiary/aromatic N) is 1. The molecule has 0 aromatic heterocycles. The summed E-state index contributed by atoms with van der Waals surface area (Å²) in [6, 6.07) is 8.58. The van der Waals surface area contributed by atoms with Gasteiger partial charge in [-0.05, 0) is 70.5 Å². The van der Waals surface area contributed by atoms with Gasteiger partial charge >= 0.3 is 0 Å². The Kier molecular flexibility index (Phi) is 10.8. The zero-order valence-corrected chi connectivity index (χ0v) is 23.2. The molecule has 35 heavy (non-hydrogen) atoms. The first kappa shape index (κ1) is 28.9. The van der Waals surface area contributed by atoms with Crippen LogP contribution in [0.25, 0.3) is 0 Å². The predicted octanol–water partition coefficient (Wildman–Crippen LogP) is 6.40. The lowest BCUT2D eigenvalue weighted by Gasteiger charge is -2.25. The van der Waals surface area contributed by atoms with Gasteiger partial charge in [0.2, 0.25) is 0 Å². The molecule has 0 fully saturated rings. The Morgan fingerprint density at radius 3 is 1.80 bits per heavy atom.